The zero-order chi connectivity index (χ0) is 83.6. The standard InChI is InChI=1S/C73H105ClN16O22S/c1-39-14-11-18-53(109-8)73(107)35-52(110-71(106)87-73)40(2)62-72(4,112-62)54(34-60(97)89(6)50-32-43(30-39)33-51(108-7)61(50)74)111-68(104)41(3)88(5)57(94)25-29-113-38-56(93)83-46(17-13-28-81-70(78)105)65(100)85-47(66(101)86-48(67(102)103)31-42-19-21-44(91)22-20-42)16-9-10-26-79-64(99)49(84-55(92)37-90-58(95)23-24-59(90)96)36-82-63(98)45(75)15-12-27-80-69(76)77/h11,14,18-22,32-33,40-41,45-49,52-54,62,91,107H,9-10,12-13,15-17,23-31,34-38,75H2,1-8H3,(H,79,99)(H,82,98)(H,83,93)(H,84,92)(H,85,100)(H,86,101)(H,87,106)(H,102,103)(H4,76,77,80)(H3,78,81,105)/b18-11+,39-14+/t40-,41+,45+,46+,47+,48+,49+,52+,53-,54+,62+,72+,73+/m1/s1. The number of likely N-dealkylation sites (N-methyl/N-ethyl adjacent to an activating group) is 1. The van der Waals surface area contributed by atoms with Gasteiger partial charge < -0.3 is 109 Å². The molecule has 40 heteroatoms. The Hall–Kier alpha value is -10.4. The van der Waals surface area contributed by atoms with Crippen LogP contribution in [-0.4, -0.2) is 259 Å². The molecule has 3 fully saturated rings. The maximum absolute atomic E-state index is 14.6. The van der Waals surface area contributed by atoms with Crippen LogP contribution in [0.4, 0.5) is 15.3 Å². The van der Waals surface area contributed by atoms with Crippen LogP contribution in [-0.2, 0) is 89.3 Å². The predicted molar refractivity (Wildman–Crippen MR) is 411 cm³/mol. The Morgan fingerprint density at radius 3 is 2.12 bits per heavy atom. The lowest BCUT2D eigenvalue weighted by atomic mass is 9.83. The van der Waals surface area contributed by atoms with Gasteiger partial charge in [-0.25, -0.2) is 19.2 Å². The fourth-order valence-electron chi connectivity index (χ4n) is 12.8. The molecule has 4 bridgehead atoms. The number of nitrogens with zero attached hydrogens (tertiary/aromatic N) is 4. The molecule has 4 aliphatic heterocycles. The molecule has 13 atom stereocenters. The molecule has 0 spiro atoms. The molecule has 2 aromatic rings. The molecule has 38 nitrogen and oxygen atoms in total. The number of aromatic hydroxyl groups is 1. The molecule has 0 unspecified atom stereocenters. The van der Waals surface area contributed by atoms with Crippen molar-refractivity contribution in [2.75, 3.05) is 77.4 Å². The molecule has 2 aromatic carbocycles. The minimum atomic E-state index is -1.96. The molecule has 3 saturated heterocycles. The minimum absolute atomic E-state index is 0.0141. The lowest BCUT2D eigenvalue weighted by molar-refractivity contribution is -0.162. The normalized spacial score (nSPS) is 22.5. The van der Waals surface area contributed by atoms with Gasteiger partial charge in [-0.3, -0.25) is 63.2 Å². The molecule has 19 N–H and O–H groups in total. The number of hydrogen-bond donors (Lipinski definition) is 15. The van der Waals surface area contributed by atoms with Gasteiger partial charge in [0, 0.05) is 91.2 Å². The topological polar surface area (TPSA) is 572 Å². The highest BCUT2D eigenvalue weighted by atomic mass is 35.5. The average Bonchev–Trinajstić information content (AvgIpc) is 1.57. The van der Waals surface area contributed by atoms with Crippen molar-refractivity contribution >= 4 is 118 Å². The van der Waals surface area contributed by atoms with Gasteiger partial charge in [0.25, 0.3) is 0 Å². The quantitative estimate of drug-likeness (QED) is 0.00956. The number of likely N-dealkylation sites (tertiary alicyclic amines) is 1. The number of methoxy groups -OCH3 is 2. The maximum atomic E-state index is 14.6. The molecule has 4 heterocycles. The number of phenolic OH excluding ortho intramolecular Hbond substituents is 1. The second kappa shape index (κ2) is 43.1. The van der Waals surface area contributed by atoms with Gasteiger partial charge in [-0.1, -0.05) is 54.5 Å². The number of urea groups is 1. The summed E-state index contributed by atoms with van der Waals surface area (Å²) in [5, 5.41) is 52.3. The average molecular weight is 1630 g/mol. The van der Waals surface area contributed by atoms with Gasteiger partial charge >= 0.3 is 24.1 Å². The molecule has 0 radical (unpaired) electrons. The van der Waals surface area contributed by atoms with Gasteiger partial charge in [0.1, 0.15) is 77.2 Å². The lowest BCUT2D eigenvalue weighted by Crippen LogP contribution is -2.63. The Bertz CT molecular complexity index is 3870. The number of epoxide rings is 1. The number of carbonyl (C=O) groups excluding carboxylic acids is 13. The van der Waals surface area contributed by atoms with Gasteiger partial charge in [-0.05, 0) is 108 Å². The van der Waals surface area contributed by atoms with Gasteiger partial charge in [-0.15, -0.1) is 0 Å². The number of allylic oxidation sites excluding steroid dienone is 3. The summed E-state index contributed by atoms with van der Waals surface area (Å²) in [5.74, 6) is -10.9. The fourth-order valence-corrected chi connectivity index (χ4v) is 13.9. The van der Waals surface area contributed by atoms with Crippen LogP contribution < -0.4 is 75.1 Å². The number of carboxylic acid groups (broad SMARTS) is 1. The first-order valence-electron chi connectivity index (χ1n) is 36.7. The molecule has 4 aliphatic rings. The van der Waals surface area contributed by atoms with Crippen molar-refractivity contribution in [3.05, 3.63) is 76.3 Å². The van der Waals surface area contributed by atoms with E-state index in [9.17, 15) is 82.4 Å². The Labute approximate surface area is 662 Å². The van der Waals surface area contributed by atoms with Crippen molar-refractivity contribution < 1.29 is 106 Å². The molecule has 6 rings (SSSR count). The number of ether oxygens (including phenoxy) is 5. The van der Waals surface area contributed by atoms with E-state index in [1.165, 1.54) is 64.4 Å². The third-order valence-electron chi connectivity index (χ3n) is 19.6. The highest BCUT2D eigenvalue weighted by molar-refractivity contribution is 7.99. The van der Waals surface area contributed by atoms with E-state index in [2.05, 4.69) is 47.5 Å². The van der Waals surface area contributed by atoms with Gasteiger partial charge in [0.15, 0.2) is 11.7 Å². The van der Waals surface area contributed by atoms with Crippen LogP contribution in [0.2, 0.25) is 5.02 Å². The van der Waals surface area contributed by atoms with E-state index < -0.39 is 181 Å². The number of imide groups is 1. The molecule has 622 valence electrons. The summed E-state index contributed by atoms with van der Waals surface area (Å²) in [5.41, 5.74) is 20.9. The summed E-state index contributed by atoms with van der Waals surface area (Å²) < 4.78 is 29.5. The third-order valence-corrected chi connectivity index (χ3v) is 20.9. The summed E-state index contributed by atoms with van der Waals surface area (Å²) in [7, 11) is 5.65. The summed E-state index contributed by atoms with van der Waals surface area (Å²) in [4.78, 5) is 194. The van der Waals surface area contributed by atoms with E-state index in [4.69, 9.17) is 58.2 Å². The number of rotatable bonds is 38. The van der Waals surface area contributed by atoms with Crippen LogP contribution in [0.3, 0.4) is 0 Å². The largest absolute Gasteiger partial charge is 0.508 e. The number of halogens is 1. The Morgan fingerprint density at radius 1 is 0.832 bits per heavy atom. The zero-order valence-electron chi connectivity index (χ0n) is 64.4. The number of aliphatic hydroxyl groups is 1. The first-order valence-corrected chi connectivity index (χ1v) is 38.3. The van der Waals surface area contributed by atoms with E-state index >= 15 is 0 Å². The van der Waals surface area contributed by atoms with Crippen molar-refractivity contribution in [3.63, 3.8) is 0 Å². The number of fused-ring (bicyclic) bond motifs is 5. The number of benzene rings is 2. The number of amides is 13. The number of nitrogens with two attached hydrogens (primary N) is 4. The van der Waals surface area contributed by atoms with E-state index in [0.29, 0.717) is 24.0 Å². The maximum Gasteiger partial charge on any atom is 0.409 e. The van der Waals surface area contributed by atoms with Crippen molar-refractivity contribution in [3.8, 4) is 11.5 Å². The molecule has 113 heavy (non-hydrogen) atoms. The van der Waals surface area contributed by atoms with Crippen LogP contribution in [0, 0.1) is 5.92 Å². The number of guanidine groups is 1. The second-order valence-electron chi connectivity index (χ2n) is 28.2. The van der Waals surface area contributed by atoms with Crippen LogP contribution in [0.15, 0.2) is 65.2 Å². The summed E-state index contributed by atoms with van der Waals surface area (Å²) >= 11 is 7.83. The molecule has 13 amide bonds. The molecule has 0 saturated carbocycles. The number of hydrogen-bond acceptors (Lipinski definition) is 24. The molecule has 0 aliphatic carbocycles. The first-order chi connectivity index (χ1) is 53.4. The highest BCUT2D eigenvalue weighted by Crippen LogP contribution is 2.49. The fraction of sp³-hybridized carbons (Fsp3) is 0.575. The smallest absolute Gasteiger partial charge is 0.409 e. The number of thioether (sulfide) groups is 1. The van der Waals surface area contributed by atoms with Gasteiger partial charge in [0.2, 0.25) is 59.1 Å². The van der Waals surface area contributed by atoms with Gasteiger partial charge in [-0.2, -0.15) is 11.8 Å². The van der Waals surface area contributed by atoms with E-state index in [-0.39, 0.29) is 130 Å². The van der Waals surface area contributed by atoms with Crippen LogP contribution in [0.1, 0.15) is 116 Å². The number of alkyl carbamates (subject to hydrolysis) is 1. The number of carbonyl (C=O) groups is 14. The second-order valence-corrected chi connectivity index (χ2v) is 29.7. The van der Waals surface area contributed by atoms with Crippen LogP contribution in [0.25, 0.3) is 0 Å². The Morgan fingerprint density at radius 2 is 1.48 bits per heavy atom. The monoisotopic (exact) mass is 1620 g/mol. The van der Waals surface area contributed by atoms with E-state index in [1.807, 2.05) is 6.92 Å². The number of esters is 1. The molecular weight excluding hydrogens is 1520 g/mol. The Kier molecular flexibility index (Phi) is 34.9. The van der Waals surface area contributed by atoms with E-state index in [1.54, 1.807) is 44.2 Å². The predicted octanol–water partition coefficient (Wildman–Crippen LogP) is -1.01. The molecule has 0 aromatic heterocycles. The summed E-state index contributed by atoms with van der Waals surface area (Å²) in [6.45, 7) is 5.34. The number of aliphatic imine (C=N–C) groups is 1. The summed E-state index contributed by atoms with van der Waals surface area (Å²) in [6, 6.07) is -0.331. The molecular formula is C73H105ClN16O22S. The number of primary amides is 1. The number of unbranched alkanes of at least 4 members (excludes halogenated alkanes) is 1. The Balaban J connectivity index is 1.12. The van der Waals surface area contributed by atoms with E-state index in [0.717, 1.165) is 27.1 Å². The number of anilines is 1. The van der Waals surface area contributed by atoms with Crippen molar-refractivity contribution in [2.24, 2.45) is 33.8 Å². The number of aliphatic carboxylic acids is 1. The third kappa shape index (κ3) is 27.5. The zero-order valence-corrected chi connectivity index (χ0v) is 66.0. The van der Waals surface area contributed by atoms with Crippen LogP contribution in [0.5, 0.6) is 11.5 Å². The van der Waals surface area contributed by atoms with Crippen LogP contribution >= 0.6 is 23.4 Å². The number of carboxylic acids is 1. The number of phenols is 1. The summed E-state index contributed by atoms with van der Waals surface area (Å²) in [6.07, 6.45) is -0.947. The van der Waals surface area contributed by atoms with Crippen molar-refractivity contribution in [1.29, 1.82) is 0 Å². The van der Waals surface area contributed by atoms with Gasteiger partial charge in [0.05, 0.1) is 37.1 Å². The first kappa shape index (κ1) is 91.5. The minimum Gasteiger partial charge on any atom is -0.508 e. The lowest BCUT2D eigenvalue weighted by Gasteiger charge is -2.42. The van der Waals surface area contributed by atoms with Crippen molar-refractivity contribution in [2.45, 2.75) is 190 Å². The highest BCUT2D eigenvalue weighted by Gasteiger charge is 2.64. The SMILES string of the molecule is COc1cc2cc(c1Cl)N(C)C(=O)C[C@H](OC(=O)[C@H](C)N(C)C(=O)CCSCC(=O)N[C@@H](CCCNC(N)=O)C(=O)N[C@@H](CCCCNC(=O)[C@H](CNC(=O)[C@@H](N)CCCN=C(N)N)NC(=O)CN1C(=O)CCC1=O)C(=O)N[C@@H](Cc1ccc(O)cc1)C(=O)O)[C@]1(C)O[C@H]1[C@H](C)[C@@H]1C[C@@](O)(NC(=O)O1)[C@H](OC)/C=C/C=C(\C)C2. The number of nitrogens with one attached hydrogen (secondary N) is 8. The van der Waals surface area contributed by atoms with Crippen molar-refractivity contribution in [1.82, 2.24) is 52.3 Å².